The van der Waals surface area contributed by atoms with E-state index in [0.29, 0.717) is 0 Å². The number of fused-ring (bicyclic) bond motifs is 15. The van der Waals surface area contributed by atoms with E-state index in [-0.39, 0.29) is 21.7 Å². The van der Waals surface area contributed by atoms with E-state index < -0.39 is 0 Å². The fraction of sp³-hybridized carbons (Fsp3) is 0.111. The Morgan fingerprint density at radius 1 is 0.200 bits per heavy atom. The van der Waals surface area contributed by atoms with E-state index in [1.165, 1.54) is 145 Å². The Labute approximate surface area is 700 Å². The molecule has 0 N–H and O–H groups in total. The van der Waals surface area contributed by atoms with Crippen LogP contribution in [0.15, 0.2) is 383 Å². The maximum Gasteiger partial charge on any atom is 0.0542 e. The van der Waals surface area contributed by atoms with Crippen molar-refractivity contribution in [2.45, 2.75) is 77.0 Å². The molecule has 21 rings (SSSR count). The van der Waals surface area contributed by atoms with Crippen LogP contribution in [0.2, 0.25) is 0 Å². The molecule has 0 atom stereocenters. The predicted octanol–water partition coefficient (Wildman–Crippen LogP) is 31.7. The van der Waals surface area contributed by atoms with Crippen LogP contribution in [0.3, 0.4) is 0 Å². The summed E-state index contributed by atoms with van der Waals surface area (Å²) in [5.74, 6) is 0. The Kier molecular flexibility index (Phi) is 18.4. The molecule has 0 radical (unpaired) electrons. The molecule has 0 saturated heterocycles. The third kappa shape index (κ3) is 12.7. The zero-order chi connectivity index (χ0) is 78.7. The molecule has 0 fully saturated rings. The van der Waals surface area contributed by atoms with Gasteiger partial charge in [-0.15, -0.1) is 0 Å². The molecule has 17 aromatic rings. The molecule has 0 unspecified atom stereocenters. The van der Waals surface area contributed by atoms with Crippen LogP contribution in [-0.2, 0) is 21.7 Å². The van der Waals surface area contributed by atoms with Crippen LogP contribution >= 0.6 is 47.8 Å². The Hall–Kier alpha value is -11.8. The minimum Gasteiger partial charge on any atom is -0.310 e. The molecule has 7 heteroatoms. The summed E-state index contributed by atoms with van der Waals surface area (Å²) in [5.41, 5.74) is 38.0. The van der Waals surface area contributed by atoms with Gasteiger partial charge in [-0.05, 0) is 270 Å². The van der Waals surface area contributed by atoms with E-state index in [1.54, 1.807) is 0 Å². The van der Waals surface area contributed by atoms with Gasteiger partial charge in [-0.3, -0.25) is 0 Å². The number of para-hydroxylation sites is 2. The van der Waals surface area contributed by atoms with Crippen LogP contribution in [0.1, 0.15) is 99.9 Å². The molecule has 1 aromatic heterocycles. The van der Waals surface area contributed by atoms with E-state index in [2.05, 4.69) is 492 Å². The summed E-state index contributed by atoms with van der Waals surface area (Å²) in [4.78, 5) is 7.14. The minimum absolute atomic E-state index is 0.0372. The van der Waals surface area contributed by atoms with Crippen molar-refractivity contribution < 1.29 is 0 Å². The molecule has 4 aliphatic rings. The summed E-state index contributed by atoms with van der Waals surface area (Å²) < 4.78 is 5.59. The number of halogens is 3. The molecule has 0 amide bonds. The summed E-state index contributed by atoms with van der Waals surface area (Å²) in [6, 6.07) is 135. The van der Waals surface area contributed by atoms with Gasteiger partial charge >= 0.3 is 0 Å². The van der Waals surface area contributed by atoms with Crippen LogP contribution in [0.4, 0.5) is 51.2 Å². The Bertz CT molecular complexity index is 6510. The lowest BCUT2D eigenvalue weighted by Crippen LogP contribution is -2.18. The second kappa shape index (κ2) is 28.9. The highest BCUT2D eigenvalue weighted by atomic mass is 79.9. The normalized spacial score (nSPS) is 14.0. The highest BCUT2D eigenvalue weighted by molar-refractivity contribution is 9.11. The van der Waals surface area contributed by atoms with Crippen molar-refractivity contribution in [2.75, 3.05) is 14.7 Å². The number of hydrogen-bond acceptors (Lipinski definition) is 3. The summed E-state index contributed by atoms with van der Waals surface area (Å²) in [6.07, 6.45) is 0. The average Bonchev–Trinajstić information content (AvgIpc) is 1.58. The Morgan fingerprint density at radius 3 is 0.817 bits per heavy atom. The quantitative estimate of drug-likeness (QED) is 0.128. The maximum atomic E-state index is 3.64. The van der Waals surface area contributed by atoms with Crippen molar-refractivity contribution in [2.24, 2.45) is 0 Å². The maximum absolute atomic E-state index is 3.64. The van der Waals surface area contributed by atoms with Crippen molar-refractivity contribution in [1.82, 2.24) is 4.57 Å². The smallest absolute Gasteiger partial charge is 0.0542 e. The Balaban J connectivity index is 0.000000116. The van der Waals surface area contributed by atoms with Gasteiger partial charge in [-0.1, -0.05) is 303 Å². The average molecular weight is 1680 g/mol. The zero-order valence-electron chi connectivity index (χ0n) is 65.6. The number of nitrogens with zero attached hydrogens (tertiary/aromatic N) is 4. The lowest BCUT2D eigenvalue weighted by atomic mass is 9.82. The van der Waals surface area contributed by atoms with Gasteiger partial charge in [0.05, 0.1) is 11.0 Å². The highest BCUT2D eigenvalue weighted by Crippen LogP contribution is 2.56. The number of anilines is 9. The zero-order valence-corrected chi connectivity index (χ0v) is 70.4. The second-order valence-corrected chi connectivity index (χ2v) is 35.6. The lowest BCUT2D eigenvalue weighted by molar-refractivity contribution is 0.660. The Morgan fingerprint density at radius 2 is 0.452 bits per heavy atom. The van der Waals surface area contributed by atoms with Crippen LogP contribution < -0.4 is 14.7 Å². The fourth-order valence-corrected chi connectivity index (χ4v) is 19.6. The van der Waals surface area contributed by atoms with Crippen molar-refractivity contribution in [3.05, 3.63) is 428 Å². The van der Waals surface area contributed by atoms with Gasteiger partial charge in [0.25, 0.3) is 0 Å². The number of hydrogen-bond donors (Lipinski definition) is 0. The lowest BCUT2D eigenvalue weighted by Gasteiger charge is -2.29. The van der Waals surface area contributed by atoms with Gasteiger partial charge < -0.3 is 19.3 Å². The number of aromatic nitrogens is 1. The second-order valence-electron chi connectivity index (χ2n) is 32.8. The van der Waals surface area contributed by atoms with Crippen LogP contribution in [0.5, 0.6) is 0 Å². The van der Waals surface area contributed by atoms with E-state index in [1.807, 2.05) is 0 Å². The van der Waals surface area contributed by atoms with E-state index in [4.69, 9.17) is 0 Å². The topological polar surface area (TPSA) is 14.7 Å². The molecule has 16 aromatic carbocycles. The molecule has 4 nitrogen and oxygen atoms in total. The summed E-state index contributed by atoms with van der Waals surface area (Å²) in [5, 5.41) is 2.49. The largest absolute Gasteiger partial charge is 0.310 e. The van der Waals surface area contributed by atoms with E-state index >= 15 is 0 Å². The third-order valence-electron chi connectivity index (χ3n) is 24.7. The minimum atomic E-state index is -0.0691. The molecule has 0 aliphatic heterocycles. The van der Waals surface area contributed by atoms with Gasteiger partial charge in [-0.2, -0.15) is 0 Å². The molecule has 0 bridgehead atoms. The molecule has 0 spiro atoms. The molecule has 558 valence electrons. The molecule has 4 aliphatic carbocycles. The fourth-order valence-electron chi connectivity index (χ4n) is 18.8. The molecular formula is C108H85Br3N4. The van der Waals surface area contributed by atoms with Gasteiger partial charge in [0.2, 0.25) is 0 Å². The molecule has 0 saturated carbocycles. The molecular weight excluding hydrogens is 1590 g/mol. The van der Waals surface area contributed by atoms with Crippen LogP contribution in [0, 0.1) is 0 Å². The summed E-state index contributed by atoms with van der Waals surface area (Å²) >= 11 is 10.9. The SMILES string of the molecule is CC1(C)c2ccccc2-c2ccc(N(c3ccc(Br)cc3)c3ccc(-c4ccccc4)cc3)cc21.CC1(C)c2ccccc2-c2ccc(N(c3ccc(Br)cc3)c3ccc4c(c3)C(C)(C)c3ccccc3-4)cc21.CC1(C)c2ccccc2-c2ccc(N(c3ccc(Br)cc3)c3ccc4c(c3)c3ccccc3n4-c3ccccc3)cc21. The van der Waals surface area contributed by atoms with Crippen LogP contribution in [0.25, 0.3) is 83.1 Å². The molecule has 115 heavy (non-hydrogen) atoms. The first-order valence-electron chi connectivity index (χ1n) is 39.7. The summed E-state index contributed by atoms with van der Waals surface area (Å²) in [7, 11) is 0. The van der Waals surface area contributed by atoms with Gasteiger partial charge in [-0.25, -0.2) is 0 Å². The first kappa shape index (κ1) is 73.3. The van der Waals surface area contributed by atoms with Crippen molar-refractivity contribution in [3.63, 3.8) is 0 Å². The monoisotopic (exact) mass is 1670 g/mol. The van der Waals surface area contributed by atoms with E-state index in [0.717, 1.165) is 47.5 Å². The highest BCUT2D eigenvalue weighted by Gasteiger charge is 2.40. The number of rotatable bonds is 11. The molecule has 1 heterocycles. The van der Waals surface area contributed by atoms with Gasteiger partial charge in [0.15, 0.2) is 0 Å². The predicted molar refractivity (Wildman–Crippen MR) is 497 cm³/mol. The van der Waals surface area contributed by atoms with Crippen molar-refractivity contribution in [3.8, 4) is 61.3 Å². The van der Waals surface area contributed by atoms with Crippen LogP contribution in [-0.4, -0.2) is 4.57 Å². The summed E-state index contributed by atoms with van der Waals surface area (Å²) in [6.45, 7) is 18.7. The van der Waals surface area contributed by atoms with Gasteiger partial charge in [0.1, 0.15) is 0 Å². The van der Waals surface area contributed by atoms with E-state index in [9.17, 15) is 0 Å². The standard InChI is InChI=1S/C39H29BrN2.C36H30BrN.C33H26BrN/c1-39(2)35-14-8-6-12-31(35)32-22-20-30(25-36(32)39)41(28-18-16-26(40)17-19-28)29-21-23-38-34(24-29)33-13-7-9-15-37(33)42(38)27-10-4-3-5-11-27;1-35(2)31-11-7-5-9-27(31)29-19-17-25(21-33(29)35)38(24-15-13-23(37)14-16-24)26-18-20-30-28-10-6-8-12-32(28)36(3,4)34(30)22-26;1-33(2)31-11-7-6-10-29(31)30-21-20-28(22-32(30)33)35(27-18-14-25(34)15-19-27)26-16-12-24(13-17-26)23-8-4-3-5-9-23/h3-25H,1-2H3;5-22H,1-4H3;3-22H,1-2H3. The van der Waals surface area contributed by atoms with Crippen molar-refractivity contribution in [1.29, 1.82) is 0 Å². The van der Waals surface area contributed by atoms with Gasteiger partial charge in [0, 0.05) is 103 Å². The number of benzene rings is 16. The first-order valence-corrected chi connectivity index (χ1v) is 42.1. The third-order valence-corrected chi connectivity index (χ3v) is 26.3. The van der Waals surface area contributed by atoms with Crippen molar-refractivity contribution >= 4 is 121 Å². The first-order chi connectivity index (χ1) is 55.8.